The van der Waals surface area contributed by atoms with Gasteiger partial charge in [0.1, 0.15) is 6.29 Å². The summed E-state index contributed by atoms with van der Waals surface area (Å²) in [5, 5.41) is 0. The zero-order valence-corrected chi connectivity index (χ0v) is 13.2. The number of likely N-dealkylation sites (N-methyl/N-ethyl adjacent to an activating group) is 1. The summed E-state index contributed by atoms with van der Waals surface area (Å²) < 4.78 is 0. The average molecular weight is 294 g/mol. The standard InChI is InChI=1S/C19H22N2O/c1-15-5-3-4-6-19(15)17-11-16(14-22)12-18(13-17)21-9-7-20(2)8-10-21/h3-6,11-14H,7-10H2,1-2H3. The Kier molecular flexibility index (Phi) is 4.25. The van der Waals surface area contributed by atoms with E-state index in [1.54, 1.807) is 0 Å². The van der Waals surface area contributed by atoms with Gasteiger partial charge in [-0.15, -0.1) is 0 Å². The van der Waals surface area contributed by atoms with Crippen molar-refractivity contribution in [1.29, 1.82) is 0 Å². The summed E-state index contributed by atoms with van der Waals surface area (Å²) in [5.41, 5.74) is 5.44. The second-order valence-corrected chi connectivity index (χ2v) is 6.04. The van der Waals surface area contributed by atoms with Gasteiger partial charge in [0.15, 0.2) is 0 Å². The highest BCUT2D eigenvalue weighted by Crippen LogP contribution is 2.29. The van der Waals surface area contributed by atoms with Crippen molar-refractivity contribution in [3.8, 4) is 11.1 Å². The predicted octanol–water partition coefficient (Wildman–Crippen LogP) is 3.23. The summed E-state index contributed by atoms with van der Waals surface area (Å²) in [6.45, 7) is 6.24. The number of nitrogens with zero attached hydrogens (tertiary/aromatic N) is 2. The number of anilines is 1. The number of carbonyl (C=O) groups excluding carboxylic acids is 1. The molecule has 0 spiro atoms. The van der Waals surface area contributed by atoms with Crippen LogP contribution in [0, 0.1) is 6.92 Å². The summed E-state index contributed by atoms with van der Waals surface area (Å²) in [6, 6.07) is 14.5. The molecular formula is C19H22N2O. The maximum absolute atomic E-state index is 11.3. The van der Waals surface area contributed by atoms with Crippen molar-refractivity contribution in [3.05, 3.63) is 53.6 Å². The molecule has 0 aliphatic carbocycles. The van der Waals surface area contributed by atoms with Crippen molar-refractivity contribution in [1.82, 2.24) is 4.90 Å². The quantitative estimate of drug-likeness (QED) is 0.812. The van der Waals surface area contributed by atoms with Gasteiger partial charge in [0.25, 0.3) is 0 Å². The van der Waals surface area contributed by atoms with Crippen LogP contribution in [-0.4, -0.2) is 44.4 Å². The van der Waals surface area contributed by atoms with Crippen LogP contribution in [0.15, 0.2) is 42.5 Å². The molecule has 0 bridgehead atoms. The molecule has 0 saturated carbocycles. The van der Waals surface area contributed by atoms with Gasteiger partial charge in [-0.05, 0) is 48.9 Å². The van der Waals surface area contributed by atoms with Crippen LogP contribution in [0.5, 0.6) is 0 Å². The third-order valence-corrected chi connectivity index (χ3v) is 4.40. The van der Waals surface area contributed by atoms with Gasteiger partial charge in [-0.25, -0.2) is 0 Å². The molecule has 3 nitrogen and oxygen atoms in total. The molecule has 0 radical (unpaired) electrons. The minimum atomic E-state index is 0.745. The van der Waals surface area contributed by atoms with Crippen molar-refractivity contribution in [2.24, 2.45) is 0 Å². The zero-order valence-electron chi connectivity index (χ0n) is 13.2. The van der Waals surface area contributed by atoms with Crippen LogP contribution in [0.25, 0.3) is 11.1 Å². The van der Waals surface area contributed by atoms with Gasteiger partial charge < -0.3 is 9.80 Å². The Labute approximate surface area is 132 Å². The third kappa shape index (κ3) is 3.04. The smallest absolute Gasteiger partial charge is 0.150 e. The number of hydrogen-bond donors (Lipinski definition) is 0. The summed E-state index contributed by atoms with van der Waals surface area (Å²) >= 11 is 0. The Morgan fingerprint density at radius 3 is 2.41 bits per heavy atom. The molecule has 0 amide bonds. The van der Waals surface area contributed by atoms with E-state index in [0.717, 1.165) is 49.3 Å². The van der Waals surface area contributed by atoms with Crippen LogP contribution >= 0.6 is 0 Å². The van der Waals surface area contributed by atoms with E-state index < -0.39 is 0 Å². The number of hydrogen-bond acceptors (Lipinski definition) is 3. The normalized spacial score (nSPS) is 15.8. The molecule has 0 atom stereocenters. The molecule has 1 heterocycles. The average Bonchev–Trinajstić information content (AvgIpc) is 2.55. The number of rotatable bonds is 3. The molecule has 1 aliphatic heterocycles. The number of piperazine rings is 1. The fourth-order valence-electron chi connectivity index (χ4n) is 3.00. The third-order valence-electron chi connectivity index (χ3n) is 4.40. The molecule has 114 valence electrons. The van der Waals surface area contributed by atoms with Gasteiger partial charge in [0, 0.05) is 37.4 Å². The van der Waals surface area contributed by atoms with Crippen LogP contribution in [0.2, 0.25) is 0 Å². The molecule has 2 aromatic rings. The van der Waals surface area contributed by atoms with Crippen molar-refractivity contribution >= 4 is 12.0 Å². The summed E-state index contributed by atoms with van der Waals surface area (Å²) in [6.07, 6.45) is 0.946. The van der Waals surface area contributed by atoms with Crippen molar-refractivity contribution in [3.63, 3.8) is 0 Å². The van der Waals surface area contributed by atoms with Crippen molar-refractivity contribution in [2.75, 3.05) is 38.1 Å². The first-order valence-electron chi connectivity index (χ1n) is 7.77. The maximum Gasteiger partial charge on any atom is 0.150 e. The molecule has 22 heavy (non-hydrogen) atoms. The lowest BCUT2D eigenvalue weighted by molar-refractivity contribution is 0.112. The van der Waals surface area contributed by atoms with Crippen molar-refractivity contribution < 1.29 is 4.79 Å². The molecular weight excluding hydrogens is 272 g/mol. The first kappa shape index (κ1) is 14.8. The molecule has 0 unspecified atom stereocenters. The highest BCUT2D eigenvalue weighted by Gasteiger charge is 2.16. The fraction of sp³-hybridized carbons (Fsp3) is 0.316. The lowest BCUT2D eigenvalue weighted by Crippen LogP contribution is -2.44. The SMILES string of the molecule is Cc1ccccc1-c1cc(C=O)cc(N2CCN(C)CC2)c1. The molecule has 1 aliphatic rings. The second kappa shape index (κ2) is 6.32. The van der Waals surface area contributed by atoms with Crippen LogP contribution < -0.4 is 4.90 Å². The summed E-state index contributed by atoms with van der Waals surface area (Å²) in [5.74, 6) is 0. The highest BCUT2D eigenvalue weighted by molar-refractivity contribution is 5.83. The Morgan fingerprint density at radius 1 is 1.00 bits per heavy atom. The Hall–Kier alpha value is -2.13. The monoisotopic (exact) mass is 294 g/mol. The summed E-state index contributed by atoms with van der Waals surface area (Å²) in [7, 11) is 2.15. The number of benzene rings is 2. The van der Waals surface area contributed by atoms with E-state index in [1.807, 2.05) is 24.3 Å². The molecule has 1 saturated heterocycles. The topological polar surface area (TPSA) is 23.6 Å². The van der Waals surface area contributed by atoms with Gasteiger partial charge in [0.05, 0.1) is 0 Å². The first-order valence-corrected chi connectivity index (χ1v) is 7.77. The predicted molar refractivity (Wildman–Crippen MR) is 91.7 cm³/mol. The number of aldehydes is 1. The molecule has 3 rings (SSSR count). The van der Waals surface area contributed by atoms with E-state index in [9.17, 15) is 4.79 Å². The van der Waals surface area contributed by atoms with Crippen LogP contribution in [0.1, 0.15) is 15.9 Å². The zero-order chi connectivity index (χ0) is 15.5. The highest BCUT2D eigenvalue weighted by atomic mass is 16.1. The largest absolute Gasteiger partial charge is 0.369 e. The first-order chi connectivity index (χ1) is 10.7. The van der Waals surface area contributed by atoms with Crippen LogP contribution in [0.3, 0.4) is 0 Å². The van der Waals surface area contributed by atoms with Gasteiger partial charge in [-0.3, -0.25) is 4.79 Å². The molecule has 0 aromatic heterocycles. The van der Waals surface area contributed by atoms with Crippen LogP contribution in [-0.2, 0) is 0 Å². The van der Waals surface area contributed by atoms with E-state index in [0.29, 0.717) is 0 Å². The molecule has 3 heteroatoms. The van der Waals surface area contributed by atoms with Gasteiger partial charge in [-0.2, -0.15) is 0 Å². The lowest BCUT2D eigenvalue weighted by Gasteiger charge is -2.34. The van der Waals surface area contributed by atoms with E-state index in [1.165, 1.54) is 11.1 Å². The minimum absolute atomic E-state index is 0.745. The fourth-order valence-corrected chi connectivity index (χ4v) is 3.00. The number of aryl methyl sites for hydroxylation is 1. The van der Waals surface area contributed by atoms with E-state index in [4.69, 9.17) is 0 Å². The van der Waals surface area contributed by atoms with E-state index in [2.05, 4.69) is 42.0 Å². The van der Waals surface area contributed by atoms with E-state index >= 15 is 0 Å². The lowest BCUT2D eigenvalue weighted by atomic mass is 9.98. The molecule has 2 aromatic carbocycles. The van der Waals surface area contributed by atoms with Crippen molar-refractivity contribution in [2.45, 2.75) is 6.92 Å². The van der Waals surface area contributed by atoms with Crippen LogP contribution in [0.4, 0.5) is 5.69 Å². The Balaban J connectivity index is 2.00. The Morgan fingerprint density at radius 2 is 1.73 bits per heavy atom. The minimum Gasteiger partial charge on any atom is -0.369 e. The second-order valence-electron chi connectivity index (χ2n) is 6.04. The maximum atomic E-state index is 11.3. The van der Waals surface area contributed by atoms with Gasteiger partial charge in [0.2, 0.25) is 0 Å². The summed E-state index contributed by atoms with van der Waals surface area (Å²) in [4.78, 5) is 16.0. The number of carbonyl (C=O) groups is 1. The van der Waals surface area contributed by atoms with Gasteiger partial charge in [-0.1, -0.05) is 24.3 Å². The Bertz CT molecular complexity index is 673. The van der Waals surface area contributed by atoms with E-state index in [-0.39, 0.29) is 0 Å². The van der Waals surface area contributed by atoms with Gasteiger partial charge >= 0.3 is 0 Å². The molecule has 0 N–H and O–H groups in total. The molecule has 1 fully saturated rings.